The summed E-state index contributed by atoms with van der Waals surface area (Å²) in [5.41, 5.74) is 1.08. The molecule has 1 fully saturated rings. The minimum absolute atomic E-state index is 0.00198. The summed E-state index contributed by atoms with van der Waals surface area (Å²) in [6, 6.07) is 9.86. The zero-order valence-corrected chi connectivity index (χ0v) is 14.6. The molecule has 1 unspecified atom stereocenters. The lowest BCUT2D eigenvalue weighted by Crippen LogP contribution is -2.40. The van der Waals surface area contributed by atoms with E-state index in [1.165, 1.54) is 0 Å². The van der Waals surface area contributed by atoms with E-state index in [2.05, 4.69) is 19.2 Å². The number of piperidine rings is 1. The van der Waals surface area contributed by atoms with Gasteiger partial charge in [-0.1, -0.05) is 44.2 Å². The number of nitrogens with one attached hydrogen (secondary N) is 1. The van der Waals surface area contributed by atoms with Gasteiger partial charge in [0, 0.05) is 25.9 Å². The van der Waals surface area contributed by atoms with Gasteiger partial charge in [-0.2, -0.15) is 0 Å². The number of nitrogens with zero attached hydrogens (tertiary/aromatic N) is 1. The second-order valence-corrected chi connectivity index (χ2v) is 6.81. The van der Waals surface area contributed by atoms with Crippen LogP contribution in [0.3, 0.4) is 0 Å². The second-order valence-electron chi connectivity index (χ2n) is 6.81. The molecule has 2 amide bonds. The van der Waals surface area contributed by atoms with Crippen LogP contribution in [0.25, 0.3) is 0 Å². The molecule has 1 aliphatic heterocycles. The number of carbonyl (C=O) groups is 2. The molecule has 1 aromatic rings. The molecular weight excluding hydrogens is 304 g/mol. The predicted molar refractivity (Wildman–Crippen MR) is 93.2 cm³/mol. The van der Waals surface area contributed by atoms with Gasteiger partial charge in [-0.05, 0) is 24.3 Å². The SMILES string of the molecule is CC(C)C(NC(=O)CCC(=O)N1CCC(O)CC1)c1ccccc1. The highest BCUT2D eigenvalue weighted by Gasteiger charge is 2.23. The molecule has 24 heavy (non-hydrogen) atoms. The molecule has 0 aromatic heterocycles. The van der Waals surface area contributed by atoms with Crippen molar-refractivity contribution in [1.82, 2.24) is 10.2 Å². The number of rotatable bonds is 6. The van der Waals surface area contributed by atoms with Gasteiger partial charge in [-0.25, -0.2) is 0 Å². The van der Waals surface area contributed by atoms with Crippen LogP contribution in [-0.2, 0) is 9.59 Å². The topological polar surface area (TPSA) is 69.6 Å². The maximum atomic E-state index is 12.2. The van der Waals surface area contributed by atoms with Crippen LogP contribution in [0.5, 0.6) is 0 Å². The van der Waals surface area contributed by atoms with Gasteiger partial charge < -0.3 is 15.3 Å². The molecule has 0 radical (unpaired) electrons. The first kappa shape index (κ1) is 18.5. The Kier molecular flexibility index (Phi) is 6.79. The third-order valence-corrected chi connectivity index (χ3v) is 4.52. The molecule has 0 aliphatic carbocycles. The minimum atomic E-state index is -0.296. The molecule has 5 heteroatoms. The van der Waals surface area contributed by atoms with Crippen LogP contribution in [0.2, 0.25) is 0 Å². The number of amides is 2. The summed E-state index contributed by atoms with van der Waals surface area (Å²) in [5.74, 6) is 0.177. The van der Waals surface area contributed by atoms with E-state index in [0.717, 1.165) is 5.56 Å². The standard InChI is InChI=1S/C19H28N2O3/c1-14(2)19(15-6-4-3-5-7-15)20-17(23)8-9-18(24)21-12-10-16(22)11-13-21/h3-7,14,16,19,22H,8-13H2,1-2H3,(H,20,23). The third-order valence-electron chi connectivity index (χ3n) is 4.52. The Balaban J connectivity index is 1.82. The van der Waals surface area contributed by atoms with Crippen molar-refractivity contribution in [2.24, 2.45) is 5.92 Å². The highest BCUT2D eigenvalue weighted by molar-refractivity contribution is 5.84. The van der Waals surface area contributed by atoms with Crippen molar-refractivity contribution >= 4 is 11.8 Å². The van der Waals surface area contributed by atoms with E-state index in [0.29, 0.717) is 25.9 Å². The Morgan fingerprint density at radius 2 is 1.79 bits per heavy atom. The van der Waals surface area contributed by atoms with Crippen LogP contribution in [0, 0.1) is 5.92 Å². The van der Waals surface area contributed by atoms with Crippen molar-refractivity contribution < 1.29 is 14.7 Å². The number of hydrogen-bond donors (Lipinski definition) is 2. The number of benzene rings is 1. The van der Waals surface area contributed by atoms with Gasteiger partial charge in [0.25, 0.3) is 0 Å². The summed E-state index contributed by atoms with van der Waals surface area (Å²) < 4.78 is 0. The number of aliphatic hydroxyl groups excluding tert-OH is 1. The summed E-state index contributed by atoms with van der Waals surface area (Å²) in [6.45, 7) is 5.31. The van der Waals surface area contributed by atoms with Gasteiger partial charge in [0.2, 0.25) is 11.8 Å². The molecule has 1 aromatic carbocycles. The van der Waals surface area contributed by atoms with E-state index >= 15 is 0 Å². The van der Waals surface area contributed by atoms with Crippen LogP contribution >= 0.6 is 0 Å². The number of likely N-dealkylation sites (tertiary alicyclic amines) is 1. The predicted octanol–water partition coefficient (Wildman–Crippen LogP) is 2.26. The van der Waals surface area contributed by atoms with E-state index in [4.69, 9.17) is 0 Å². The molecule has 5 nitrogen and oxygen atoms in total. The van der Waals surface area contributed by atoms with Crippen LogP contribution in [0.4, 0.5) is 0 Å². The highest BCUT2D eigenvalue weighted by Crippen LogP contribution is 2.21. The van der Waals surface area contributed by atoms with Gasteiger partial charge in [0.1, 0.15) is 0 Å². The summed E-state index contributed by atoms with van der Waals surface area (Å²) in [6.07, 6.45) is 1.38. The third kappa shape index (κ3) is 5.34. The van der Waals surface area contributed by atoms with Crippen LogP contribution in [0.1, 0.15) is 51.1 Å². The van der Waals surface area contributed by atoms with Crippen molar-refractivity contribution in [2.45, 2.75) is 51.7 Å². The summed E-state index contributed by atoms with van der Waals surface area (Å²) >= 11 is 0. The molecule has 0 saturated carbocycles. The Morgan fingerprint density at radius 3 is 2.38 bits per heavy atom. The highest BCUT2D eigenvalue weighted by atomic mass is 16.3. The average molecular weight is 332 g/mol. The van der Waals surface area contributed by atoms with E-state index in [9.17, 15) is 14.7 Å². The molecule has 132 valence electrons. The number of aliphatic hydroxyl groups is 1. The van der Waals surface area contributed by atoms with E-state index < -0.39 is 0 Å². The smallest absolute Gasteiger partial charge is 0.223 e. The first-order valence-electron chi connectivity index (χ1n) is 8.77. The second kappa shape index (κ2) is 8.83. The van der Waals surface area contributed by atoms with Crippen LogP contribution in [0.15, 0.2) is 30.3 Å². The first-order valence-corrected chi connectivity index (χ1v) is 8.77. The van der Waals surface area contributed by atoms with Gasteiger partial charge in [0.15, 0.2) is 0 Å². The monoisotopic (exact) mass is 332 g/mol. The molecule has 0 bridgehead atoms. The minimum Gasteiger partial charge on any atom is -0.393 e. The lowest BCUT2D eigenvalue weighted by atomic mass is 9.96. The normalized spacial score (nSPS) is 16.9. The Morgan fingerprint density at radius 1 is 1.17 bits per heavy atom. The van der Waals surface area contributed by atoms with Crippen molar-refractivity contribution in [3.05, 3.63) is 35.9 Å². The quantitative estimate of drug-likeness (QED) is 0.839. The largest absolute Gasteiger partial charge is 0.393 e. The van der Waals surface area contributed by atoms with Crippen LogP contribution < -0.4 is 5.32 Å². The zero-order chi connectivity index (χ0) is 17.5. The molecular formula is C19H28N2O3. The fourth-order valence-corrected chi connectivity index (χ4v) is 3.03. The molecule has 1 saturated heterocycles. The van der Waals surface area contributed by atoms with E-state index in [1.54, 1.807) is 4.90 Å². The van der Waals surface area contributed by atoms with Crippen molar-refractivity contribution in [3.63, 3.8) is 0 Å². The maximum absolute atomic E-state index is 12.2. The van der Waals surface area contributed by atoms with Gasteiger partial charge in [-0.15, -0.1) is 0 Å². The Bertz CT molecular complexity index is 537. The number of hydrogen-bond acceptors (Lipinski definition) is 3. The average Bonchev–Trinajstić information content (AvgIpc) is 2.58. The maximum Gasteiger partial charge on any atom is 0.223 e. The van der Waals surface area contributed by atoms with Gasteiger partial charge in [-0.3, -0.25) is 9.59 Å². The fraction of sp³-hybridized carbons (Fsp3) is 0.579. The van der Waals surface area contributed by atoms with E-state index in [1.807, 2.05) is 30.3 Å². The van der Waals surface area contributed by atoms with Crippen molar-refractivity contribution in [1.29, 1.82) is 0 Å². The fourth-order valence-electron chi connectivity index (χ4n) is 3.03. The molecule has 2 rings (SSSR count). The van der Waals surface area contributed by atoms with Crippen molar-refractivity contribution in [2.75, 3.05) is 13.1 Å². The molecule has 1 heterocycles. The summed E-state index contributed by atoms with van der Waals surface area (Å²) in [5, 5.41) is 12.5. The summed E-state index contributed by atoms with van der Waals surface area (Å²) in [4.78, 5) is 26.2. The van der Waals surface area contributed by atoms with E-state index in [-0.39, 0.29) is 42.7 Å². The lowest BCUT2D eigenvalue weighted by molar-refractivity contribution is -0.135. The summed E-state index contributed by atoms with van der Waals surface area (Å²) in [7, 11) is 0. The first-order chi connectivity index (χ1) is 11.5. The molecule has 2 N–H and O–H groups in total. The Labute approximate surface area is 144 Å². The van der Waals surface area contributed by atoms with Gasteiger partial charge >= 0.3 is 0 Å². The zero-order valence-electron chi connectivity index (χ0n) is 14.6. The number of carbonyl (C=O) groups excluding carboxylic acids is 2. The van der Waals surface area contributed by atoms with Crippen LogP contribution in [-0.4, -0.2) is 41.0 Å². The molecule has 1 atom stereocenters. The van der Waals surface area contributed by atoms with Gasteiger partial charge in [0.05, 0.1) is 12.1 Å². The Hall–Kier alpha value is -1.88. The molecule has 1 aliphatic rings. The van der Waals surface area contributed by atoms with Crippen molar-refractivity contribution in [3.8, 4) is 0 Å². The molecule has 0 spiro atoms. The lowest BCUT2D eigenvalue weighted by Gasteiger charge is -2.29.